The van der Waals surface area contributed by atoms with Gasteiger partial charge in [0.2, 0.25) is 11.8 Å². The van der Waals surface area contributed by atoms with Crippen LogP contribution in [0.25, 0.3) is 0 Å². The van der Waals surface area contributed by atoms with Gasteiger partial charge in [-0.25, -0.2) is 0 Å². The zero-order valence-corrected chi connectivity index (χ0v) is 25.5. The largest absolute Gasteiger partial charge is 0.540 e. The lowest BCUT2D eigenvalue weighted by molar-refractivity contribution is 0.242. The molecule has 0 aliphatic carbocycles. The average molecular weight is 587 g/mol. The number of methoxy groups -OCH3 is 1. The summed E-state index contributed by atoms with van der Waals surface area (Å²) in [6.45, 7) is 4.52. The molecule has 0 aromatic heterocycles. The molecule has 2 unspecified atom stereocenters. The van der Waals surface area contributed by atoms with Crippen molar-refractivity contribution in [3.8, 4) is 11.5 Å². The van der Waals surface area contributed by atoms with Gasteiger partial charge in [0.15, 0.2) is 22.5 Å². The first-order valence-corrected chi connectivity index (χ1v) is 16.0. The number of hydrogen-bond donors (Lipinski definition) is 0. The van der Waals surface area contributed by atoms with Crippen LogP contribution in [0.5, 0.6) is 11.5 Å². The van der Waals surface area contributed by atoms with E-state index in [0.29, 0.717) is 18.6 Å². The van der Waals surface area contributed by atoms with E-state index in [2.05, 4.69) is 16.6 Å². The first-order chi connectivity index (χ1) is 17.9. The Morgan fingerprint density at radius 2 is 1.54 bits per heavy atom. The Labute approximate surface area is 228 Å². The van der Waals surface area contributed by atoms with E-state index < -0.39 is 23.8 Å². The van der Waals surface area contributed by atoms with Gasteiger partial charge in [-0.3, -0.25) is 9.42 Å². The molecule has 2 aromatic carbocycles. The number of rotatable bonds is 17. The molecule has 0 fully saturated rings. The molecule has 0 saturated carbocycles. The van der Waals surface area contributed by atoms with Crippen molar-refractivity contribution in [2.45, 2.75) is 5.78 Å². The quantitative estimate of drug-likeness (QED) is 0.0898. The molecule has 2 atom stereocenters. The van der Waals surface area contributed by atoms with Crippen molar-refractivity contribution in [1.29, 1.82) is 0 Å². The van der Waals surface area contributed by atoms with Crippen LogP contribution in [0.4, 0.5) is 0 Å². The van der Waals surface area contributed by atoms with E-state index in [0.717, 1.165) is 16.9 Å². The maximum atomic E-state index is 6.00. The molecule has 0 aliphatic rings. The molecule has 0 amide bonds. The van der Waals surface area contributed by atoms with E-state index in [4.69, 9.17) is 39.2 Å². The normalized spacial score (nSPS) is 12.8. The van der Waals surface area contributed by atoms with E-state index in [-0.39, 0.29) is 5.78 Å². The molecule has 202 valence electrons. The van der Waals surface area contributed by atoms with Gasteiger partial charge in [0.1, 0.15) is 11.5 Å². The predicted molar refractivity (Wildman–Crippen MR) is 156 cm³/mol. The van der Waals surface area contributed by atoms with Crippen molar-refractivity contribution >= 4 is 41.8 Å². The Morgan fingerprint density at radius 3 is 2.05 bits per heavy atom. The van der Waals surface area contributed by atoms with Crippen LogP contribution in [-0.2, 0) is 29.9 Å². The Kier molecular flexibility index (Phi) is 14.6. The first kappa shape index (κ1) is 31.6. The number of hydrogen-bond acceptors (Lipinski definition) is 9. The molecular weight excluding hydrogens is 551 g/mol. The summed E-state index contributed by atoms with van der Waals surface area (Å²) in [5, 5.41) is 4.42. The van der Waals surface area contributed by atoms with Crippen LogP contribution in [0.2, 0.25) is 0 Å². The molecular formula is C24H35N3O6P3S+. The first-order valence-electron chi connectivity index (χ1n) is 11.2. The van der Waals surface area contributed by atoms with E-state index in [1.807, 2.05) is 54.6 Å². The minimum Gasteiger partial charge on any atom is -0.497 e. The summed E-state index contributed by atoms with van der Waals surface area (Å²) in [7, 11) is 6.23. The number of nitrogens with zero attached hydrogens (tertiary/aromatic N) is 3. The third kappa shape index (κ3) is 9.92. The highest BCUT2D eigenvalue weighted by Crippen LogP contribution is 2.55. The van der Waals surface area contributed by atoms with Crippen LogP contribution in [0.3, 0.4) is 0 Å². The fourth-order valence-electron chi connectivity index (χ4n) is 3.21. The van der Waals surface area contributed by atoms with E-state index in [1.54, 1.807) is 53.6 Å². The van der Waals surface area contributed by atoms with Crippen molar-refractivity contribution in [3.63, 3.8) is 0 Å². The standard InChI is InChI=1S/C24H35N3O6P3S/c1-8-17-27(19-34(29-4)30-5)24(35(31-6)32-7)21-11-15-23(16-12-21)33-36(37)26(2)25-18-20-9-13-22(28-3)14-10-20/h8-16,18,24H,1,17,19H2,2-7H3/q+1/b25-18-. The number of ether oxygens (including phenoxy) is 1. The monoisotopic (exact) mass is 586 g/mol. The second kappa shape index (κ2) is 17.1. The minimum atomic E-state index is -1.41. The average Bonchev–Trinajstić information content (AvgIpc) is 2.93. The third-order valence-electron chi connectivity index (χ3n) is 5.06. The molecule has 0 saturated heterocycles. The van der Waals surface area contributed by atoms with Crippen LogP contribution in [-0.4, -0.2) is 71.3 Å². The van der Waals surface area contributed by atoms with Gasteiger partial charge < -0.3 is 22.8 Å². The van der Waals surface area contributed by atoms with Crippen LogP contribution in [0, 0.1) is 0 Å². The summed E-state index contributed by atoms with van der Waals surface area (Å²) < 4.78 is 35.2. The zero-order chi connectivity index (χ0) is 27.2. The van der Waals surface area contributed by atoms with Gasteiger partial charge in [-0.15, -0.1) is 11.7 Å². The highest BCUT2D eigenvalue weighted by atomic mass is 32.4. The van der Waals surface area contributed by atoms with E-state index in [1.165, 1.54) is 0 Å². The fraction of sp³-hybridized carbons (Fsp3) is 0.375. The molecule has 0 radical (unpaired) electrons. The van der Waals surface area contributed by atoms with Crippen LogP contribution < -0.4 is 9.26 Å². The Balaban J connectivity index is 2.15. The van der Waals surface area contributed by atoms with Gasteiger partial charge in [-0.2, -0.15) is 0 Å². The van der Waals surface area contributed by atoms with Gasteiger partial charge >= 0.3 is 7.07 Å². The lowest BCUT2D eigenvalue weighted by atomic mass is 10.2. The summed E-state index contributed by atoms with van der Waals surface area (Å²) in [6, 6.07) is 15.4. The van der Waals surface area contributed by atoms with Crippen LogP contribution in [0.15, 0.2) is 66.3 Å². The number of hydrazone groups is 1. The molecule has 9 nitrogen and oxygen atoms in total. The minimum absolute atomic E-state index is 0.172. The molecule has 0 spiro atoms. The third-order valence-corrected chi connectivity index (χ3v) is 10.1. The molecule has 37 heavy (non-hydrogen) atoms. The molecule has 0 aliphatic heterocycles. The molecule has 0 bridgehead atoms. The summed E-state index contributed by atoms with van der Waals surface area (Å²) in [5.41, 5.74) is 1.94. The van der Waals surface area contributed by atoms with Crippen molar-refractivity contribution in [2.24, 2.45) is 5.10 Å². The Hall–Kier alpha value is -1.57. The molecule has 2 rings (SSSR count). The lowest BCUT2D eigenvalue weighted by Crippen LogP contribution is -2.29. The molecule has 13 heteroatoms. The number of benzene rings is 2. The van der Waals surface area contributed by atoms with Crippen molar-refractivity contribution in [1.82, 2.24) is 9.68 Å². The predicted octanol–water partition coefficient (Wildman–Crippen LogP) is 6.47. The topological polar surface area (TPSA) is 74.2 Å². The Morgan fingerprint density at radius 1 is 0.946 bits per heavy atom. The second-order valence-corrected chi connectivity index (χ2v) is 13.0. The molecule has 0 heterocycles. The van der Waals surface area contributed by atoms with Gasteiger partial charge in [0.05, 0.1) is 26.7 Å². The molecule has 0 N–H and O–H groups in total. The van der Waals surface area contributed by atoms with E-state index >= 15 is 0 Å². The maximum Gasteiger partial charge on any atom is 0.540 e. The summed E-state index contributed by atoms with van der Waals surface area (Å²) in [4.78, 5) is 2.18. The highest BCUT2D eigenvalue weighted by Gasteiger charge is 2.32. The van der Waals surface area contributed by atoms with Crippen molar-refractivity contribution < 1.29 is 27.4 Å². The smallest absolute Gasteiger partial charge is 0.497 e. The SMILES string of the molecule is C=CCN(CP(OC)OC)C(c1ccc(O[P+](=S)N(C)/N=C\c2ccc(OC)cc2)cc1)P(OC)OC. The highest BCUT2D eigenvalue weighted by molar-refractivity contribution is 8.02. The Bertz CT molecular complexity index is 992. The van der Waals surface area contributed by atoms with E-state index in [9.17, 15) is 0 Å². The van der Waals surface area contributed by atoms with Crippen LogP contribution in [0.1, 0.15) is 16.9 Å². The van der Waals surface area contributed by atoms with Gasteiger partial charge in [-0.1, -0.05) is 23.0 Å². The maximum absolute atomic E-state index is 6.00. The molecule has 2 aromatic rings. The summed E-state index contributed by atoms with van der Waals surface area (Å²) in [6.07, 6.45) is 4.14. The van der Waals surface area contributed by atoms with Crippen molar-refractivity contribution in [2.75, 3.05) is 55.4 Å². The van der Waals surface area contributed by atoms with Crippen molar-refractivity contribution in [3.05, 3.63) is 72.3 Å². The van der Waals surface area contributed by atoms with Gasteiger partial charge in [0, 0.05) is 35.0 Å². The second-order valence-electron chi connectivity index (χ2n) is 7.33. The zero-order valence-electron chi connectivity index (χ0n) is 22.0. The van der Waals surface area contributed by atoms with Gasteiger partial charge in [-0.05, 0) is 47.5 Å². The van der Waals surface area contributed by atoms with Crippen LogP contribution >= 0.6 is 23.8 Å². The summed E-state index contributed by atoms with van der Waals surface area (Å²) in [5.74, 6) is 1.27. The lowest BCUT2D eigenvalue weighted by Gasteiger charge is -2.35. The van der Waals surface area contributed by atoms with Gasteiger partial charge in [0.25, 0.3) is 0 Å². The summed E-state index contributed by atoms with van der Waals surface area (Å²) >= 11 is 5.56. The fourth-order valence-corrected chi connectivity index (χ4v) is 6.64.